The van der Waals surface area contributed by atoms with Crippen LogP contribution in [0.25, 0.3) is 0 Å². The Kier molecular flexibility index (Phi) is 4.50. The number of amides is 1. The lowest BCUT2D eigenvalue weighted by Crippen LogP contribution is -2.30. The highest BCUT2D eigenvalue weighted by atomic mass is 16.5. The summed E-state index contributed by atoms with van der Waals surface area (Å²) in [6.45, 7) is 1.40. The fourth-order valence-electron chi connectivity index (χ4n) is 1.51. The van der Waals surface area contributed by atoms with Gasteiger partial charge in [0.15, 0.2) is 6.10 Å². The summed E-state index contributed by atoms with van der Waals surface area (Å²) in [5.41, 5.74) is 5.18. The SMILES string of the molecule is C[C@H](OC(=O)c1cccnc1Oc1ccccc1)C(N)=O. The summed E-state index contributed by atoms with van der Waals surface area (Å²) < 4.78 is 10.5. The molecule has 1 heterocycles. The van der Waals surface area contributed by atoms with Gasteiger partial charge in [-0.15, -0.1) is 0 Å². The second kappa shape index (κ2) is 6.51. The van der Waals surface area contributed by atoms with E-state index in [1.165, 1.54) is 19.2 Å². The molecule has 2 aromatic rings. The highest BCUT2D eigenvalue weighted by Crippen LogP contribution is 2.23. The van der Waals surface area contributed by atoms with Crippen molar-refractivity contribution in [2.45, 2.75) is 13.0 Å². The molecule has 0 spiro atoms. The zero-order valence-electron chi connectivity index (χ0n) is 11.4. The smallest absolute Gasteiger partial charge is 0.344 e. The van der Waals surface area contributed by atoms with Crippen molar-refractivity contribution in [1.29, 1.82) is 0 Å². The molecule has 0 aliphatic rings. The van der Waals surface area contributed by atoms with Crippen molar-refractivity contribution in [3.05, 3.63) is 54.2 Å². The number of hydrogen-bond donors (Lipinski definition) is 1. The van der Waals surface area contributed by atoms with E-state index < -0.39 is 18.0 Å². The molecule has 0 aliphatic heterocycles. The average molecular weight is 286 g/mol. The Morgan fingerprint density at radius 1 is 1.14 bits per heavy atom. The molecule has 21 heavy (non-hydrogen) atoms. The molecule has 0 unspecified atom stereocenters. The number of para-hydroxylation sites is 1. The van der Waals surface area contributed by atoms with Gasteiger partial charge in [-0.2, -0.15) is 0 Å². The van der Waals surface area contributed by atoms with Gasteiger partial charge in [-0.3, -0.25) is 4.79 Å². The number of ether oxygens (including phenoxy) is 2. The fraction of sp³-hybridized carbons (Fsp3) is 0.133. The second-order valence-corrected chi connectivity index (χ2v) is 4.22. The molecule has 6 heteroatoms. The Morgan fingerprint density at radius 3 is 2.52 bits per heavy atom. The van der Waals surface area contributed by atoms with Crippen molar-refractivity contribution in [2.75, 3.05) is 0 Å². The van der Waals surface area contributed by atoms with Gasteiger partial charge in [0.2, 0.25) is 5.88 Å². The molecule has 0 fully saturated rings. The van der Waals surface area contributed by atoms with Crippen LogP contribution in [0.15, 0.2) is 48.7 Å². The number of primary amides is 1. The molecular weight excluding hydrogens is 272 g/mol. The lowest BCUT2D eigenvalue weighted by Gasteiger charge is -2.12. The van der Waals surface area contributed by atoms with E-state index in [9.17, 15) is 9.59 Å². The maximum atomic E-state index is 12.0. The topological polar surface area (TPSA) is 91.5 Å². The molecule has 108 valence electrons. The Morgan fingerprint density at radius 2 is 1.86 bits per heavy atom. The van der Waals surface area contributed by atoms with Crippen molar-refractivity contribution < 1.29 is 19.1 Å². The monoisotopic (exact) mass is 286 g/mol. The van der Waals surface area contributed by atoms with Gasteiger partial charge < -0.3 is 15.2 Å². The molecule has 0 saturated heterocycles. The van der Waals surface area contributed by atoms with Crippen molar-refractivity contribution in [1.82, 2.24) is 4.98 Å². The largest absolute Gasteiger partial charge is 0.449 e. The summed E-state index contributed by atoms with van der Waals surface area (Å²) in [6, 6.07) is 12.0. The van der Waals surface area contributed by atoms with Crippen molar-refractivity contribution in [2.24, 2.45) is 5.73 Å². The van der Waals surface area contributed by atoms with Crippen LogP contribution in [0.2, 0.25) is 0 Å². The molecule has 1 aromatic carbocycles. The first kappa shape index (κ1) is 14.5. The van der Waals surface area contributed by atoms with Crippen LogP contribution in [-0.2, 0) is 9.53 Å². The van der Waals surface area contributed by atoms with E-state index in [-0.39, 0.29) is 11.4 Å². The van der Waals surface area contributed by atoms with E-state index in [1.807, 2.05) is 6.07 Å². The van der Waals surface area contributed by atoms with E-state index in [4.69, 9.17) is 15.2 Å². The number of nitrogens with zero attached hydrogens (tertiary/aromatic N) is 1. The Bertz CT molecular complexity index is 643. The quantitative estimate of drug-likeness (QED) is 0.848. The Balaban J connectivity index is 2.20. The maximum absolute atomic E-state index is 12.0. The Hall–Kier alpha value is -2.89. The minimum absolute atomic E-state index is 0.102. The first-order valence-electron chi connectivity index (χ1n) is 6.26. The average Bonchev–Trinajstić information content (AvgIpc) is 2.48. The van der Waals surface area contributed by atoms with Crippen LogP contribution < -0.4 is 10.5 Å². The zero-order valence-corrected chi connectivity index (χ0v) is 11.4. The molecule has 0 aliphatic carbocycles. The highest BCUT2D eigenvalue weighted by Gasteiger charge is 2.20. The molecule has 0 saturated carbocycles. The van der Waals surface area contributed by atoms with Crippen LogP contribution in [0.3, 0.4) is 0 Å². The third-order valence-electron chi connectivity index (χ3n) is 2.63. The first-order valence-corrected chi connectivity index (χ1v) is 6.26. The summed E-state index contributed by atoms with van der Waals surface area (Å²) in [4.78, 5) is 27.0. The number of carbonyl (C=O) groups is 2. The molecule has 2 N–H and O–H groups in total. The minimum atomic E-state index is -1.03. The molecule has 1 atom stereocenters. The van der Waals surface area contributed by atoms with Gasteiger partial charge in [0, 0.05) is 6.20 Å². The third-order valence-corrected chi connectivity index (χ3v) is 2.63. The zero-order chi connectivity index (χ0) is 15.2. The molecule has 1 amide bonds. The predicted molar refractivity (Wildman–Crippen MR) is 74.8 cm³/mol. The number of esters is 1. The van der Waals surface area contributed by atoms with Crippen molar-refractivity contribution in [3.8, 4) is 11.6 Å². The Labute approximate surface area is 121 Å². The van der Waals surface area contributed by atoms with E-state index in [2.05, 4.69) is 4.98 Å². The minimum Gasteiger partial charge on any atom is -0.449 e. The summed E-state index contributed by atoms with van der Waals surface area (Å²) in [5.74, 6) is -0.809. The lowest BCUT2D eigenvalue weighted by atomic mass is 10.2. The number of aromatic nitrogens is 1. The second-order valence-electron chi connectivity index (χ2n) is 4.22. The molecular formula is C15H14N2O4. The van der Waals surface area contributed by atoms with Crippen LogP contribution in [0.1, 0.15) is 17.3 Å². The summed E-state index contributed by atoms with van der Waals surface area (Å²) in [6.07, 6.45) is 0.467. The van der Waals surface area contributed by atoms with Crippen LogP contribution in [0.5, 0.6) is 11.6 Å². The van der Waals surface area contributed by atoms with Crippen LogP contribution in [-0.4, -0.2) is 23.0 Å². The molecule has 0 radical (unpaired) electrons. The number of carbonyl (C=O) groups excluding carboxylic acids is 2. The first-order chi connectivity index (χ1) is 10.1. The van der Waals surface area contributed by atoms with E-state index >= 15 is 0 Å². The lowest BCUT2D eigenvalue weighted by molar-refractivity contribution is -0.125. The van der Waals surface area contributed by atoms with Crippen molar-refractivity contribution in [3.63, 3.8) is 0 Å². The normalized spacial score (nSPS) is 11.5. The summed E-state index contributed by atoms with van der Waals surface area (Å²) in [7, 11) is 0. The number of nitrogens with two attached hydrogens (primary N) is 1. The maximum Gasteiger partial charge on any atom is 0.344 e. The van der Waals surface area contributed by atoms with E-state index in [1.54, 1.807) is 30.3 Å². The molecule has 0 bridgehead atoms. The standard InChI is InChI=1S/C15H14N2O4/c1-10(13(16)18)20-15(19)12-8-5-9-17-14(12)21-11-6-3-2-4-7-11/h2-10H,1H3,(H2,16,18)/t10-/m0/s1. The number of rotatable bonds is 5. The summed E-state index contributed by atoms with van der Waals surface area (Å²) >= 11 is 0. The third kappa shape index (κ3) is 3.79. The van der Waals surface area contributed by atoms with Gasteiger partial charge in [0.25, 0.3) is 5.91 Å². The number of benzene rings is 1. The van der Waals surface area contributed by atoms with Gasteiger partial charge in [-0.25, -0.2) is 9.78 Å². The number of pyridine rings is 1. The van der Waals surface area contributed by atoms with Gasteiger partial charge >= 0.3 is 5.97 Å². The van der Waals surface area contributed by atoms with Gasteiger partial charge in [0.05, 0.1) is 0 Å². The number of hydrogen-bond acceptors (Lipinski definition) is 5. The van der Waals surface area contributed by atoms with Crippen LogP contribution >= 0.6 is 0 Å². The van der Waals surface area contributed by atoms with Gasteiger partial charge in [0.1, 0.15) is 11.3 Å². The van der Waals surface area contributed by atoms with E-state index in [0.717, 1.165) is 0 Å². The van der Waals surface area contributed by atoms with Gasteiger partial charge in [-0.05, 0) is 31.2 Å². The molecule has 1 aromatic heterocycles. The van der Waals surface area contributed by atoms with Crippen LogP contribution in [0, 0.1) is 0 Å². The van der Waals surface area contributed by atoms with Crippen LogP contribution in [0.4, 0.5) is 0 Å². The van der Waals surface area contributed by atoms with E-state index in [0.29, 0.717) is 5.75 Å². The predicted octanol–water partition coefficient (Wildman–Crippen LogP) is 1.90. The molecule has 6 nitrogen and oxygen atoms in total. The summed E-state index contributed by atoms with van der Waals surface area (Å²) in [5, 5.41) is 0. The molecule has 2 rings (SSSR count). The fourth-order valence-corrected chi connectivity index (χ4v) is 1.51. The van der Waals surface area contributed by atoms with Crippen molar-refractivity contribution >= 4 is 11.9 Å². The van der Waals surface area contributed by atoms with Gasteiger partial charge in [-0.1, -0.05) is 18.2 Å². The highest BCUT2D eigenvalue weighted by molar-refractivity contribution is 5.93.